The van der Waals surface area contributed by atoms with Gasteiger partial charge >= 0.3 is 0 Å². The number of rotatable bonds is 10. The Bertz CT molecular complexity index is 964. The first-order valence-electron chi connectivity index (χ1n) is 13.4. The quantitative estimate of drug-likeness (QED) is 0.336. The van der Waals surface area contributed by atoms with Crippen LogP contribution in [0.1, 0.15) is 46.3 Å². The van der Waals surface area contributed by atoms with Crippen LogP contribution in [0, 0.1) is 0 Å². The van der Waals surface area contributed by atoms with E-state index < -0.39 is 73.7 Å². The van der Waals surface area contributed by atoms with Gasteiger partial charge in [0.2, 0.25) is 12.2 Å². The molecule has 5 unspecified atom stereocenters. The molecule has 0 aliphatic carbocycles. The highest BCUT2D eigenvalue weighted by molar-refractivity contribution is 5.73. The Hall–Kier alpha value is -2.20. The molecular formula is C27H39NO12. The van der Waals surface area contributed by atoms with Gasteiger partial charge in [0.25, 0.3) is 6.47 Å². The number of carbonyl (C=O) groups is 2. The van der Waals surface area contributed by atoms with Crippen molar-refractivity contribution in [1.82, 2.24) is 5.32 Å². The van der Waals surface area contributed by atoms with Gasteiger partial charge in [-0.3, -0.25) is 9.59 Å². The third kappa shape index (κ3) is 7.16. The summed E-state index contributed by atoms with van der Waals surface area (Å²) in [7, 11) is 0. The third-order valence-electron chi connectivity index (χ3n) is 6.60. The maximum absolute atomic E-state index is 12.3. The summed E-state index contributed by atoms with van der Waals surface area (Å²) in [5.41, 5.74) is 0.855. The van der Waals surface area contributed by atoms with E-state index in [1.807, 2.05) is 30.3 Å². The maximum Gasteiger partial charge on any atom is 0.295 e. The van der Waals surface area contributed by atoms with Crippen molar-refractivity contribution in [1.29, 1.82) is 0 Å². The second-order valence-corrected chi connectivity index (χ2v) is 10.5. The zero-order chi connectivity index (χ0) is 29.0. The Morgan fingerprint density at radius 2 is 1.65 bits per heavy atom. The molecule has 4 rings (SSSR count). The number of nitrogens with one attached hydrogen (secondary N) is 1. The Balaban J connectivity index is 1.65. The topological polar surface area (TPSA) is 160 Å². The number of hydrogen-bond donors (Lipinski definition) is 3. The Morgan fingerprint density at radius 3 is 2.27 bits per heavy atom. The van der Waals surface area contributed by atoms with E-state index in [2.05, 4.69) is 5.32 Å². The average Bonchev–Trinajstić information content (AvgIpc) is 2.90. The van der Waals surface area contributed by atoms with Gasteiger partial charge in [-0.1, -0.05) is 30.3 Å². The number of ether oxygens (including phenoxy) is 8. The molecule has 0 spiro atoms. The summed E-state index contributed by atoms with van der Waals surface area (Å²) in [6, 6.07) is 8.48. The fraction of sp³-hybridized carbons (Fsp3) is 0.704. The first kappa shape index (κ1) is 30.8. The highest BCUT2D eigenvalue weighted by Gasteiger charge is 2.55. The van der Waals surface area contributed by atoms with Crippen molar-refractivity contribution in [2.24, 2.45) is 0 Å². The molecule has 0 aromatic heterocycles. The summed E-state index contributed by atoms with van der Waals surface area (Å²) >= 11 is 0. The van der Waals surface area contributed by atoms with Crippen molar-refractivity contribution in [2.75, 3.05) is 6.61 Å². The second kappa shape index (κ2) is 13.6. The van der Waals surface area contributed by atoms with Crippen LogP contribution in [0.2, 0.25) is 0 Å². The third-order valence-corrected chi connectivity index (χ3v) is 6.60. The minimum atomic E-state index is -1.62. The Labute approximate surface area is 232 Å². The molecular weight excluding hydrogens is 530 g/mol. The molecule has 3 N–H and O–H groups in total. The van der Waals surface area contributed by atoms with Crippen LogP contribution in [-0.2, 0) is 47.5 Å². The van der Waals surface area contributed by atoms with E-state index in [1.54, 1.807) is 27.7 Å². The van der Waals surface area contributed by atoms with E-state index in [9.17, 15) is 19.8 Å². The molecule has 1 aromatic rings. The van der Waals surface area contributed by atoms with Gasteiger partial charge in [0.1, 0.15) is 42.7 Å². The van der Waals surface area contributed by atoms with Crippen molar-refractivity contribution in [2.45, 2.75) is 115 Å². The van der Waals surface area contributed by atoms with Crippen molar-refractivity contribution >= 4 is 12.4 Å². The molecule has 0 saturated carbocycles. The lowest BCUT2D eigenvalue weighted by molar-refractivity contribution is -0.405. The van der Waals surface area contributed by atoms with Crippen molar-refractivity contribution in [3.8, 4) is 0 Å². The van der Waals surface area contributed by atoms with Crippen LogP contribution < -0.4 is 5.32 Å². The van der Waals surface area contributed by atoms with Crippen molar-refractivity contribution < 1.29 is 57.7 Å². The van der Waals surface area contributed by atoms with Gasteiger partial charge in [-0.2, -0.15) is 0 Å². The van der Waals surface area contributed by atoms with Crippen LogP contribution in [0.5, 0.6) is 0 Å². The smallest absolute Gasteiger partial charge is 0.295 e. The van der Waals surface area contributed by atoms with Crippen molar-refractivity contribution in [3.05, 3.63) is 35.9 Å². The molecule has 13 nitrogen and oxygen atoms in total. The number of aliphatic hydroxyl groups is 2. The molecule has 1 amide bonds. The number of hydrogen-bond acceptors (Lipinski definition) is 12. The van der Waals surface area contributed by atoms with Gasteiger partial charge in [-0.15, -0.1) is 0 Å². The summed E-state index contributed by atoms with van der Waals surface area (Å²) in [5, 5.41) is 24.7. The Kier molecular flexibility index (Phi) is 10.5. The summed E-state index contributed by atoms with van der Waals surface area (Å²) in [6.07, 6.45) is -12.4. The molecule has 3 aliphatic rings. The average molecular weight is 570 g/mol. The standard InChI is InChI=1S/C27H39NO12/c1-13(2)35-22-19(31)20(32)25(40-26(22)34-12-29)38-21-18(28-15(5)30)24(36-14(3)4)39-27-23(21)37-17(11-33-27)16-9-7-6-8-10-16/h6-10,12-14,17-27,31-32H,11H2,1-5H3,(H,28,30)/t17?,18?,19-,20?,21-,22+,23-,24-,25-,26?,27?/m1/s1. The van der Waals surface area contributed by atoms with E-state index in [0.29, 0.717) is 0 Å². The van der Waals surface area contributed by atoms with Crippen LogP contribution in [-0.4, -0.2) is 103 Å². The van der Waals surface area contributed by atoms with Gasteiger partial charge in [0.05, 0.1) is 18.8 Å². The molecule has 3 saturated heterocycles. The lowest BCUT2D eigenvalue weighted by Gasteiger charge is -2.51. The lowest BCUT2D eigenvalue weighted by atomic mass is 9.97. The lowest BCUT2D eigenvalue weighted by Crippen LogP contribution is -2.69. The zero-order valence-corrected chi connectivity index (χ0v) is 23.2. The minimum absolute atomic E-state index is 0.155. The number of amides is 1. The molecule has 0 bridgehead atoms. The number of carbonyl (C=O) groups excluding carboxylic acids is 2. The zero-order valence-electron chi connectivity index (χ0n) is 23.2. The highest BCUT2D eigenvalue weighted by atomic mass is 16.8. The van der Waals surface area contributed by atoms with E-state index in [1.165, 1.54) is 6.92 Å². The molecule has 13 heteroatoms. The first-order valence-corrected chi connectivity index (χ1v) is 13.4. The largest absolute Gasteiger partial charge is 0.435 e. The monoisotopic (exact) mass is 569 g/mol. The fourth-order valence-electron chi connectivity index (χ4n) is 4.97. The number of benzene rings is 1. The summed E-state index contributed by atoms with van der Waals surface area (Å²) in [4.78, 5) is 23.5. The van der Waals surface area contributed by atoms with Gasteiger partial charge in [0, 0.05) is 6.92 Å². The minimum Gasteiger partial charge on any atom is -0.435 e. The van der Waals surface area contributed by atoms with Crippen LogP contribution in [0.25, 0.3) is 0 Å². The summed E-state index contributed by atoms with van der Waals surface area (Å²) < 4.78 is 47.2. The number of aliphatic hydroxyl groups excluding tert-OH is 2. The number of fused-ring (bicyclic) bond motifs is 1. The normalized spacial score (nSPS) is 38.1. The summed E-state index contributed by atoms with van der Waals surface area (Å²) in [5.74, 6) is -0.396. The van der Waals surface area contributed by atoms with E-state index in [4.69, 9.17) is 37.9 Å². The van der Waals surface area contributed by atoms with Gasteiger partial charge in [-0.05, 0) is 33.3 Å². The Morgan fingerprint density at radius 1 is 0.950 bits per heavy atom. The molecule has 0 radical (unpaired) electrons. The van der Waals surface area contributed by atoms with E-state index in [-0.39, 0.29) is 25.3 Å². The van der Waals surface area contributed by atoms with Crippen LogP contribution >= 0.6 is 0 Å². The van der Waals surface area contributed by atoms with Gasteiger partial charge < -0.3 is 53.4 Å². The van der Waals surface area contributed by atoms with Crippen molar-refractivity contribution in [3.63, 3.8) is 0 Å². The molecule has 11 atom stereocenters. The molecule has 224 valence electrons. The molecule has 1 aromatic carbocycles. The molecule has 3 heterocycles. The molecule has 40 heavy (non-hydrogen) atoms. The first-order chi connectivity index (χ1) is 19.1. The molecule has 3 fully saturated rings. The molecule has 3 aliphatic heterocycles. The SMILES string of the molecule is CC(=O)NC1[C@H](OC(C)C)OC2OCC(c3ccccc3)O[C@@H]2[C@@H]1O[C@@H]1OC(OC=O)[C@@H](OC(C)C)[C@H](O)C1O. The summed E-state index contributed by atoms with van der Waals surface area (Å²) in [6.45, 7) is 8.72. The highest BCUT2D eigenvalue weighted by Crippen LogP contribution is 2.38. The predicted molar refractivity (Wildman–Crippen MR) is 135 cm³/mol. The predicted octanol–water partition coefficient (Wildman–Crippen LogP) is 0.511. The van der Waals surface area contributed by atoms with Crippen LogP contribution in [0.15, 0.2) is 30.3 Å². The fourth-order valence-corrected chi connectivity index (χ4v) is 4.97. The van der Waals surface area contributed by atoms with Gasteiger partial charge in [-0.25, -0.2) is 0 Å². The second-order valence-electron chi connectivity index (χ2n) is 10.5. The van der Waals surface area contributed by atoms with Crippen LogP contribution in [0.4, 0.5) is 0 Å². The van der Waals surface area contributed by atoms with E-state index >= 15 is 0 Å². The van der Waals surface area contributed by atoms with Crippen LogP contribution in [0.3, 0.4) is 0 Å². The maximum atomic E-state index is 12.3. The van der Waals surface area contributed by atoms with E-state index in [0.717, 1.165) is 5.56 Å². The van der Waals surface area contributed by atoms with Gasteiger partial charge in [0.15, 0.2) is 18.9 Å².